The predicted octanol–water partition coefficient (Wildman–Crippen LogP) is 7.77. The van der Waals surface area contributed by atoms with Crippen molar-refractivity contribution < 1.29 is 17.6 Å². The van der Waals surface area contributed by atoms with Crippen LogP contribution < -0.4 is 10.6 Å². The van der Waals surface area contributed by atoms with Gasteiger partial charge in [-0.3, -0.25) is 0 Å². The summed E-state index contributed by atoms with van der Waals surface area (Å²) >= 11 is 0. The number of hydrogen-bond donors (Lipinski definition) is 2. The molecule has 0 spiro atoms. The number of halogens is 4. The van der Waals surface area contributed by atoms with Crippen molar-refractivity contribution in [2.75, 3.05) is 0 Å². The fourth-order valence-corrected chi connectivity index (χ4v) is 5.29. The number of allylic oxidation sites excluding steroid dienone is 1. The van der Waals surface area contributed by atoms with Gasteiger partial charge < -0.3 is 10.6 Å². The summed E-state index contributed by atoms with van der Waals surface area (Å²) in [5, 5.41) is 7.01. The first-order valence-corrected chi connectivity index (χ1v) is 13.2. The van der Waals surface area contributed by atoms with E-state index in [-0.39, 0.29) is 11.6 Å². The summed E-state index contributed by atoms with van der Waals surface area (Å²) in [6.07, 6.45) is 0.420. The number of nitrogens with one attached hydrogen (secondary N) is 2. The second-order valence-electron chi connectivity index (χ2n) is 10.9. The van der Waals surface area contributed by atoms with Gasteiger partial charge in [-0.1, -0.05) is 78.9 Å². The minimum Gasteiger partial charge on any atom is -0.370 e. The van der Waals surface area contributed by atoms with Gasteiger partial charge >= 0.3 is 0 Å². The van der Waals surface area contributed by atoms with Crippen molar-refractivity contribution in [3.05, 3.63) is 131 Å². The summed E-state index contributed by atoms with van der Waals surface area (Å²) in [6, 6.07) is 22.0. The first-order chi connectivity index (χ1) is 18.5. The zero-order chi connectivity index (χ0) is 28.2. The zero-order valence-electron chi connectivity index (χ0n) is 22.5. The van der Waals surface area contributed by atoms with E-state index in [4.69, 9.17) is 0 Å². The second kappa shape index (κ2) is 11.7. The van der Waals surface area contributed by atoms with E-state index in [9.17, 15) is 13.2 Å². The van der Waals surface area contributed by atoms with Crippen LogP contribution in [0.5, 0.6) is 0 Å². The van der Waals surface area contributed by atoms with Crippen LogP contribution in [0.3, 0.4) is 0 Å². The monoisotopic (exact) mass is 536 g/mol. The van der Waals surface area contributed by atoms with Gasteiger partial charge in [0, 0.05) is 18.9 Å². The lowest BCUT2D eigenvalue weighted by atomic mass is 9.76. The van der Waals surface area contributed by atoms with Crippen LogP contribution in [-0.2, 0) is 18.4 Å². The Labute approximate surface area is 228 Å². The molecule has 206 valence electrons. The van der Waals surface area contributed by atoms with Gasteiger partial charge in [-0.2, -0.15) is 0 Å². The topological polar surface area (TPSA) is 24.1 Å². The van der Waals surface area contributed by atoms with E-state index in [0.29, 0.717) is 23.7 Å². The van der Waals surface area contributed by atoms with E-state index in [1.165, 1.54) is 6.07 Å². The molecular weight excluding hydrogens is 500 g/mol. The molecule has 1 aliphatic rings. The molecule has 3 aromatic rings. The molecule has 2 N–H and O–H groups in total. The number of benzene rings is 3. The van der Waals surface area contributed by atoms with Crippen LogP contribution in [0.4, 0.5) is 17.6 Å². The highest BCUT2D eigenvalue weighted by Gasteiger charge is 2.39. The Hall–Kier alpha value is -3.54. The molecule has 0 aromatic heterocycles. The van der Waals surface area contributed by atoms with E-state index >= 15 is 4.39 Å². The maximum Gasteiger partial charge on any atom is 0.272 e. The van der Waals surface area contributed by atoms with Crippen LogP contribution >= 0.6 is 0 Å². The molecule has 0 bridgehead atoms. The molecule has 0 amide bonds. The van der Waals surface area contributed by atoms with Crippen molar-refractivity contribution in [2.45, 2.75) is 63.2 Å². The molecule has 1 fully saturated rings. The summed E-state index contributed by atoms with van der Waals surface area (Å²) in [7, 11) is 0. The lowest BCUT2D eigenvalue weighted by Crippen LogP contribution is -2.51. The van der Waals surface area contributed by atoms with Crippen LogP contribution in [0.25, 0.3) is 0 Å². The summed E-state index contributed by atoms with van der Waals surface area (Å²) < 4.78 is 56.7. The Morgan fingerprint density at radius 1 is 0.974 bits per heavy atom. The summed E-state index contributed by atoms with van der Waals surface area (Å²) in [6.45, 7) is 10.9. The fourth-order valence-electron chi connectivity index (χ4n) is 5.29. The van der Waals surface area contributed by atoms with Crippen LogP contribution in [-0.4, -0.2) is 18.1 Å². The molecule has 39 heavy (non-hydrogen) atoms. The second-order valence-corrected chi connectivity index (χ2v) is 10.9. The van der Waals surface area contributed by atoms with Crippen molar-refractivity contribution in [3.63, 3.8) is 0 Å². The van der Waals surface area contributed by atoms with Crippen molar-refractivity contribution in [1.82, 2.24) is 10.6 Å². The van der Waals surface area contributed by atoms with E-state index < -0.39 is 29.9 Å². The molecule has 1 saturated carbocycles. The Balaban J connectivity index is 1.83. The molecule has 2 nitrogen and oxygen atoms in total. The molecule has 0 radical (unpaired) electrons. The van der Waals surface area contributed by atoms with Gasteiger partial charge in [-0.25, -0.2) is 17.6 Å². The van der Waals surface area contributed by atoms with Gasteiger partial charge in [0.15, 0.2) is 5.67 Å². The zero-order valence-corrected chi connectivity index (χ0v) is 22.5. The third kappa shape index (κ3) is 6.73. The SMILES string of the molecule is C=CC1CC(NC(=C)N[C@](Cc2ccccc2)(c2ccc(C)cc2)c2cc(F)cc(CC(C)(F)C(F)F)c2)C1. The normalized spacial score (nSPS) is 19.9. The van der Waals surface area contributed by atoms with Crippen molar-refractivity contribution in [3.8, 4) is 0 Å². The maximum absolute atomic E-state index is 15.2. The van der Waals surface area contributed by atoms with Crippen LogP contribution in [0, 0.1) is 18.7 Å². The predicted molar refractivity (Wildman–Crippen MR) is 150 cm³/mol. The molecule has 0 saturated heterocycles. The molecule has 2 atom stereocenters. The van der Waals surface area contributed by atoms with E-state index in [2.05, 4.69) is 23.8 Å². The summed E-state index contributed by atoms with van der Waals surface area (Å²) in [4.78, 5) is 0. The summed E-state index contributed by atoms with van der Waals surface area (Å²) in [5.74, 6) is 0.398. The first-order valence-electron chi connectivity index (χ1n) is 13.2. The van der Waals surface area contributed by atoms with Gasteiger partial charge in [-0.15, -0.1) is 6.58 Å². The third-order valence-electron chi connectivity index (χ3n) is 7.56. The number of rotatable bonds is 12. The molecule has 4 rings (SSSR count). The van der Waals surface area contributed by atoms with Crippen molar-refractivity contribution >= 4 is 0 Å². The third-order valence-corrected chi connectivity index (χ3v) is 7.56. The van der Waals surface area contributed by atoms with Gasteiger partial charge in [-0.05, 0) is 67.0 Å². The van der Waals surface area contributed by atoms with E-state index in [1.807, 2.05) is 67.6 Å². The molecule has 0 heterocycles. The van der Waals surface area contributed by atoms with Crippen LogP contribution in [0.1, 0.15) is 47.6 Å². The quantitative estimate of drug-likeness (QED) is 0.183. The standard InChI is InChI=1S/C33H36F4N2/c1-5-24-17-30(18-24)38-23(3)39-33(21-25-9-7-6-8-10-25,27-13-11-22(2)12-14-27)28-15-26(16-29(34)19-28)20-32(4,37)31(35)36/h5-16,19,24,30-31,38-39H,1,3,17-18,20-21H2,2,4H3/t24?,30?,32?,33-/m1/s1. The number of alkyl halides is 3. The van der Waals surface area contributed by atoms with E-state index in [0.717, 1.165) is 42.5 Å². The Bertz CT molecular complexity index is 1280. The molecule has 1 aliphatic carbocycles. The summed E-state index contributed by atoms with van der Waals surface area (Å²) in [5.41, 5.74) is -0.298. The molecule has 6 heteroatoms. The van der Waals surface area contributed by atoms with Crippen LogP contribution in [0.15, 0.2) is 97.9 Å². The Morgan fingerprint density at radius 2 is 1.64 bits per heavy atom. The Kier molecular flexibility index (Phi) is 8.53. The largest absolute Gasteiger partial charge is 0.370 e. The minimum atomic E-state index is -3.20. The first kappa shape index (κ1) is 28.5. The van der Waals surface area contributed by atoms with Crippen molar-refractivity contribution in [2.24, 2.45) is 5.92 Å². The lowest BCUT2D eigenvalue weighted by Gasteiger charge is -2.41. The molecule has 1 unspecified atom stereocenters. The average Bonchev–Trinajstić information content (AvgIpc) is 2.86. The molecular formula is C33H36F4N2. The average molecular weight is 537 g/mol. The van der Waals surface area contributed by atoms with Gasteiger partial charge in [0.2, 0.25) is 0 Å². The van der Waals surface area contributed by atoms with Crippen LogP contribution in [0.2, 0.25) is 0 Å². The van der Waals surface area contributed by atoms with E-state index in [1.54, 1.807) is 6.07 Å². The van der Waals surface area contributed by atoms with Gasteiger partial charge in [0.25, 0.3) is 6.43 Å². The fraction of sp³-hybridized carbons (Fsp3) is 0.333. The molecule has 3 aromatic carbocycles. The highest BCUT2D eigenvalue weighted by molar-refractivity contribution is 5.45. The number of aryl methyl sites for hydroxylation is 1. The van der Waals surface area contributed by atoms with Crippen molar-refractivity contribution in [1.29, 1.82) is 0 Å². The highest BCUT2D eigenvalue weighted by atomic mass is 19.3. The number of hydrogen-bond acceptors (Lipinski definition) is 2. The van der Waals surface area contributed by atoms with Gasteiger partial charge in [0.1, 0.15) is 5.82 Å². The minimum absolute atomic E-state index is 0.160. The lowest BCUT2D eigenvalue weighted by molar-refractivity contribution is -0.0216. The van der Waals surface area contributed by atoms with Gasteiger partial charge in [0.05, 0.1) is 11.4 Å². The maximum atomic E-state index is 15.2. The Morgan fingerprint density at radius 3 is 2.26 bits per heavy atom. The molecule has 0 aliphatic heterocycles. The highest BCUT2D eigenvalue weighted by Crippen LogP contribution is 2.37. The smallest absolute Gasteiger partial charge is 0.272 e.